The maximum absolute atomic E-state index is 13.9. The van der Waals surface area contributed by atoms with Crippen molar-refractivity contribution in [1.29, 1.82) is 0 Å². The van der Waals surface area contributed by atoms with E-state index in [0.29, 0.717) is 34.5 Å². The molecule has 49 heavy (non-hydrogen) atoms. The number of amides is 1. The summed E-state index contributed by atoms with van der Waals surface area (Å²) in [4.78, 5) is 45.8. The van der Waals surface area contributed by atoms with E-state index in [1.54, 1.807) is 26.1 Å². The number of carboxylic acid groups (broad SMARTS) is 2. The summed E-state index contributed by atoms with van der Waals surface area (Å²) < 4.78 is 41.7. The molecular formula is C32H34F3N7O5S2. The fourth-order valence-corrected chi connectivity index (χ4v) is 6.49. The minimum atomic E-state index is -4.58. The van der Waals surface area contributed by atoms with Crippen molar-refractivity contribution < 1.29 is 37.8 Å². The number of thiazole rings is 2. The molecule has 1 aliphatic carbocycles. The van der Waals surface area contributed by atoms with Crippen LogP contribution in [0, 0.1) is 6.92 Å². The molecular weight excluding hydrogens is 684 g/mol. The van der Waals surface area contributed by atoms with Crippen LogP contribution in [0.4, 0.5) is 29.1 Å². The standard InChI is InChI=1S/C27H28F3N5O3S.C5H6N2O2S/c1-15-2-3-16(12-20(15)22-23(25(37)38)39-26(34-22)33-18-6-7-18)24(36)32-19-5-4-17(21(13-19)27(28,29)30)14-35-10-8-31-9-11-35;1-6-5-7-2-3(10-5)4(8)9/h2-5,12-13,18,31H,6-11,14H2,1H3,(H,32,36)(H,33,34)(H,37,38);2H,1H3,(H,6,7)(H,8,9). The number of carboxylic acids is 2. The molecule has 2 fully saturated rings. The fraction of sp³-hybridized carbons (Fsp3) is 0.344. The Morgan fingerprint density at radius 1 is 1.02 bits per heavy atom. The number of aryl methyl sites for hydroxylation is 1. The first-order valence-electron chi connectivity index (χ1n) is 15.3. The summed E-state index contributed by atoms with van der Waals surface area (Å²) >= 11 is 2.16. The molecule has 2 aliphatic rings. The number of carbonyl (C=O) groups is 3. The second kappa shape index (κ2) is 15.3. The number of hydrogen-bond acceptors (Lipinski definition) is 11. The van der Waals surface area contributed by atoms with Gasteiger partial charge in [-0.25, -0.2) is 19.6 Å². The third-order valence-corrected chi connectivity index (χ3v) is 9.67. The highest BCUT2D eigenvalue weighted by Gasteiger charge is 2.34. The van der Waals surface area contributed by atoms with Gasteiger partial charge in [0.2, 0.25) is 0 Å². The molecule has 2 aromatic heterocycles. The third kappa shape index (κ3) is 9.32. The average Bonchev–Trinajstić information content (AvgIpc) is 3.56. The summed E-state index contributed by atoms with van der Waals surface area (Å²) in [7, 11) is 1.70. The summed E-state index contributed by atoms with van der Waals surface area (Å²) in [6, 6.07) is 8.87. The van der Waals surface area contributed by atoms with Gasteiger partial charge in [0, 0.05) is 62.6 Å². The highest BCUT2D eigenvalue weighted by Crippen LogP contribution is 2.37. The summed E-state index contributed by atoms with van der Waals surface area (Å²) in [5.41, 5.74) is 1.01. The minimum absolute atomic E-state index is 0.0225. The van der Waals surface area contributed by atoms with Gasteiger partial charge in [0.1, 0.15) is 9.75 Å². The number of aromatic nitrogens is 2. The zero-order chi connectivity index (χ0) is 35.3. The zero-order valence-corrected chi connectivity index (χ0v) is 28.1. The van der Waals surface area contributed by atoms with Crippen LogP contribution in [0.3, 0.4) is 0 Å². The molecule has 6 N–H and O–H groups in total. The Kier molecular flexibility index (Phi) is 11.2. The van der Waals surface area contributed by atoms with Crippen LogP contribution in [0.5, 0.6) is 0 Å². The summed E-state index contributed by atoms with van der Waals surface area (Å²) in [6.07, 6.45) is -1.25. The Hall–Kier alpha value is -4.58. The molecule has 4 aromatic rings. The van der Waals surface area contributed by atoms with Crippen molar-refractivity contribution in [1.82, 2.24) is 20.2 Å². The van der Waals surface area contributed by atoms with Crippen molar-refractivity contribution in [2.45, 2.75) is 38.5 Å². The molecule has 0 unspecified atom stereocenters. The van der Waals surface area contributed by atoms with Gasteiger partial charge in [0.15, 0.2) is 10.3 Å². The molecule has 0 bridgehead atoms. The molecule has 12 nitrogen and oxygen atoms in total. The number of benzene rings is 2. The van der Waals surface area contributed by atoms with Crippen LogP contribution >= 0.6 is 22.7 Å². The van der Waals surface area contributed by atoms with Crippen LogP contribution in [0.1, 0.15) is 59.2 Å². The molecule has 6 rings (SSSR count). The van der Waals surface area contributed by atoms with Gasteiger partial charge >= 0.3 is 18.1 Å². The quantitative estimate of drug-likeness (QED) is 0.115. The first-order chi connectivity index (χ1) is 23.3. The van der Waals surface area contributed by atoms with Crippen molar-refractivity contribution in [3.8, 4) is 11.3 Å². The number of piperazine rings is 1. The number of carbonyl (C=O) groups excluding carboxylic acids is 1. The van der Waals surface area contributed by atoms with Crippen molar-refractivity contribution >= 4 is 56.5 Å². The predicted octanol–water partition coefficient (Wildman–Crippen LogP) is 5.95. The molecule has 260 valence electrons. The van der Waals surface area contributed by atoms with E-state index >= 15 is 0 Å². The van der Waals surface area contributed by atoms with Gasteiger partial charge in [-0.2, -0.15) is 13.2 Å². The number of anilines is 3. The first kappa shape index (κ1) is 35.7. The van der Waals surface area contributed by atoms with E-state index in [4.69, 9.17) is 5.11 Å². The third-order valence-electron chi connectivity index (χ3n) is 7.69. The van der Waals surface area contributed by atoms with Gasteiger partial charge in [-0.15, -0.1) is 0 Å². The largest absolute Gasteiger partial charge is 0.477 e. The fourth-order valence-electron chi connectivity index (χ4n) is 4.99. The number of hydrogen-bond donors (Lipinski definition) is 6. The molecule has 0 atom stereocenters. The molecule has 0 radical (unpaired) electrons. The van der Waals surface area contributed by atoms with Gasteiger partial charge in [0.05, 0.1) is 17.5 Å². The Morgan fingerprint density at radius 3 is 2.35 bits per heavy atom. The van der Waals surface area contributed by atoms with Crippen molar-refractivity contribution in [3.63, 3.8) is 0 Å². The van der Waals surface area contributed by atoms with E-state index in [1.807, 2.05) is 4.90 Å². The predicted molar refractivity (Wildman–Crippen MR) is 182 cm³/mol. The Morgan fingerprint density at radius 2 is 1.76 bits per heavy atom. The SMILES string of the molecule is CNc1ncc(C(=O)O)s1.Cc1ccc(C(=O)Nc2ccc(CN3CCNCC3)c(C(F)(F)F)c2)cc1-c1nc(NC2CC2)sc1C(=O)O. The Bertz CT molecular complexity index is 1840. The van der Waals surface area contributed by atoms with Crippen LogP contribution < -0.4 is 21.3 Å². The Balaban J connectivity index is 0.000000402. The van der Waals surface area contributed by atoms with Crippen molar-refractivity contribution in [2.24, 2.45) is 0 Å². The second-order valence-electron chi connectivity index (χ2n) is 11.4. The average molecular weight is 718 g/mol. The lowest BCUT2D eigenvalue weighted by Gasteiger charge is -2.28. The number of nitrogens with one attached hydrogen (secondary N) is 4. The first-order valence-corrected chi connectivity index (χ1v) is 16.9. The van der Waals surface area contributed by atoms with Crippen LogP contribution in [0.25, 0.3) is 11.3 Å². The molecule has 17 heteroatoms. The van der Waals surface area contributed by atoms with E-state index in [-0.39, 0.29) is 44.8 Å². The van der Waals surface area contributed by atoms with Crippen LogP contribution in [-0.4, -0.2) is 82.2 Å². The van der Waals surface area contributed by atoms with Gasteiger partial charge < -0.3 is 31.5 Å². The number of alkyl halides is 3. The van der Waals surface area contributed by atoms with Gasteiger partial charge in [-0.1, -0.05) is 34.8 Å². The summed E-state index contributed by atoms with van der Waals surface area (Å²) in [6.45, 7) is 4.72. The van der Waals surface area contributed by atoms with E-state index in [1.165, 1.54) is 24.4 Å². The van der Waals surface area contributed by atoms with E-state index in [0.717, 1.165) is 54.7 Å². The number of nitrogens with zero attached hydrogens (tertiary/aromatic N) is 3. The van der Waals surface area contributed by atoms with Gasteiger partial charge in [-0.05, 0) is 55.2 Å². The monoisotopic (exact) mass is 717 g/mol. The smallest absolute Gasteiger partial charge is 0.416 e. The zero-order valence-electron chi connectivity index (χ0n) is 26.5. The van der Waals surface area contributed by atoms with Crippen LogP contribution in [0.15, 0.2) is 42.6 Å². The molecule has 1 saturated carbocycles. The molecule has 2 aromatic carbocycles. The van der Waals surface area contributed by atoms with E-state index < -0.39 is 29.6 Å². The lowest BCUT2D eigenvalue weighted by Crippen LogP contribution is -2.43. The molecule has 1 amide bonds. The lowest BCUT2D eigenvalue weighted by molar-refractivity contribution is -0.138. The summed E-state index contributed by atoms with van der Waals surface area (Å²) in [5.74, 6) is -2.66. The lowest BCUT2D eigenvalue weighted by atomic mass is 10.0. The highest BCUT2D eigenvalue weighted by atomic mass is 32.1. The maximum atomic E-state index is 13.9. The van der Waals surface area contributed by atoms with Crippen LogP contribution in [-0.2, 0) is 12.7 Å². The van der Waals surface area contributed by atoms with E-state index in [2.05, 4.69) is 31.2 Å². The molecule has 1 aliphatic heterocycles. The van der Waals surface area contributed by atoms with Crippen molar-refractivity contribution in [2.75, 3.05) is 49.2 Å². The minimum Gasteiger partial charge on any atom is -0.477 e. The topological polar surface area (TPSA) is 169 Å². The Labute approximate surface area is 287 Å². The van der Waals surface area contributed by atoms with Crippen molar-refractivity contribution in [3.05, 3.63) is 74.6 Å². The molecule has 0 spiro atoms. The highest BCUT2D eigenvalue weighted by molar-refractivity contribution is 7.18. The normalized spacial score (nSPS) is 14.8. The number of rotatable bonds is 10. The van der Waals surface area contributed by atoms with E-state index in [9.17, 15) is 32.7 Å². The van der Waals surface area contributed by atoms with Crippen LogP contribution in [0.2, 0.25) is 0 Å². The van der Waals surface area contributed by atoms with Gasteiger partial charge in [-0.3, -0.25) is 9.69 Å². The molecule has 1 saturated heterocycles. The van der Waals surface area contributed by atoms with Gasteiger partial charge in [0.25, 0.3) is 5.91 Å². The second-order valence-corrected chi connectivity index (χ2v) is 13.4. The maximum Gasteiger partial charge on any atom is 0.416 e. The summed E-state index contributed by atoms with van der Waals surface area (Å²) in [5, 5.41) is 31.0. The number of halogens is 3. The number of aromatic carboxylic acids is 2. The molecule has 3 heterocycles.